The van der Waals surface area contributed by atoms with E-state index < -0.39 is 6.04 Å². The van der Waals surface area contributed by atoms with Crippen molar-refractivity contribution in [3.63, 3.8) is 0 Å². The molecule has 0 aliphatic carbocycles. The molecule has 1 aromatic carbocycles. The van der Waals surface area contributed by atoms with Crippen molar-refractivity contribution in [3.05, 3.63) is 29.3 Å². The van der Waals surface area contributed by atoms with Crippen molar-refractivity contribution in [2.24, 2.45) is 0 Å². The summed E-state index contributed by atoms with van der Waals surface area (Å²) in [6.07, 6.45) is 0.339. The molecule has 98 valence electrons. The van der Waals surface area contributed by atoms with Crippen LogP contribution in [0.4, 0.5) is 5.69 Å². The molecule has 0 aliphatic heterocycles. The van der Waals surface area contributed by atoms with Crippen LogP contribution in [0.1, 0.15) is 24.5 Å². The monoisotopic (exact) mass is 248 g/mol. The predicted molar refractivity (Wildman–Crippen MR) is 72.7 cm³/mol. The van der Waals surface area contributed by atoms with Gasteiger partial charge in [0.1, 0.15) is 6.04 Å². The fraction of sp³-hybridized carbons (Fsp3) is 0.429. The van der Waals surface area contributed by atoms with Gasteiger partial charge in [0.15, 0.2) is 5.78 Å². The standard InChI is InChI=1S/C14H20N2O2/c1-5-11(17)13(15-4)14(18)16-12-9(2)7-6-8-10(12)3/h6-8,13,15H,5H2,1-4H3,(H,16,18). The molecule has 1 rings (SSSR count). The van der Waals surface area contributed by atoms with E-state index in [1.165, 1.54) is 0 Å². The first-order chi connectivity index (χ1) is 8.51. The first-order valence-corrected chi connectivity index (χ1v) is 6.08. The number of anilines is 1. The highest BCUT2D eigenvalue weighted by atomic mass is 16.2. The molecule has 4 heteroatoms. The summed E-state index contributed by atoms with van der Waals surface area (Å²) in [5.74, 6) is -0.414. The highest BCUT2D eigenvalue weighted by molar-refractivity contribution is 6.11. The lowest BCUT2D eigenvalue weighted by Crippen LogP contribution is -2.44. The first-order valence-electron chi connectivity index (χ1n) is 6.08. The number of nitrogens with one attached hydrogen (secondary N) is 2. The number of rotatable bonds is 5. The minimum Gasteiger partial charge on any atom is -0.324 e. The quantitative estimate of drug-likeness (QED) is 0.781. The molecule has 0 radical (unpaired) electrons. The van der Waals surface area contributed by atoms with Gasteiger partial charge in [-0.05, 0) is 32.0 Å². The normalized spacial score (nSPS) is 12.0. The zero-order chi connectivity index (χ0) is 13.7. The number of amides is 1. The Morgan fingerprint density at radius 2 is 1.78 bits per heavy atom. The van der Waals surface area contributed by atoms with Crippen molar-refractivity contribution in [2.45, 2.75) is 33.2 Å². The molecule has 18 heavy (non-hydrogen) atoms. The Morgan fingerprint density at radius 1 is 1.22 bits per heavy atom. The molecule has 1 aromatic rings. The van der Waals surface area contributed by atoms with Crippen LogP contribution in [0.5, 0.6) is 0 Å². The summed E-state index contributed by atoms with van der Waals surface area (Å²) < 4.78 is 0. The lowest BCUT2D eigenvalue weighted by molar-refractivity contribution is -0.128. The molecule has 1 amide bonds. The van der Waals surface area contributed by atoms with E-state index in [1.54, 1.807) is 14.0 Å². The average molecular weight is 248 g/mol. The van der Waals surface area contributed by atoms with Crippen LogP contribution in [0.3, 0.4) is 0 Å². The number of hydrogen-bond acceptors (Lipinski definition) is 3. The van der Waals surface area contributed by atoms with E-state index in [4.69, 9.17) is 0 Å². The van der Waals surface area contributed by atoms with E-state index in [0.717, 1.165) is 16.8 Å². The molecule has 4 nitrogen and oxygen atoms in total. The van der Waals surface area contributed by atoms with E-state index in [9.17, 15) is 9.59 Å². The molecule has 1 unspecified atom stereocenters. The Bertz CT molecular complexity index is 435. The molecular formula is C14H20N2O2. The summed E-state index contributed by atoms with van der Waals surface area (Å²) in [6.45, 7) is 5.61. The van der Waals surface area contributed by atoms with Crippen LogP contribution in [0, 0.1) is 13.8 Å². The second-order valence-electron chi connectivity index (χ2n) is 4.30. The van der Waals surface area contributed by atoms with Crippen LogP contribution in [0.25, 0.3) is 0 Å². The summed E-state index contributed by atoms with van der Waals surface area (Å²) in [7, 11) is 1.61. The summed E-state index contributed by atoms with van der Waals surface area (Å²) in [4.78, 5) is 23.7. The van der Waals surface area contributed by atoms with Gasteiger partial charge in [0.25, 0.3) is 0 Å². The van der Waals surface area contributed by atoms with Crippen LogP contribution in [-0.4, -0.2) is 24.8 Å². The van der Waals surface area contributed by atoms with Gasteiger partial charge in [-0.3, -0.25) is 9.59 Å². The minimum atomic E-state index is -0.783. The van der Waals surface area contributed by atoms with Gasteiger partial charge in [0.2, 0.25) is 5.91 Å². The molecule has 1 atom stereocenters. The zero-order valence-electron chi connectivity index (χ0n) is 11.3. The van der Waals surface area contributed by atoms with Crippen molar-refractivity contribution >= 4 is 17.4 Å². The van der Waals surface area contributed by atoms with E-state index in [0.29, 0.717) is 6.42 Å². The molecule has 0 spiro atoms. The summed E-state index contributed by atoms with van der Waals surface area (Å²) in [5, 5.41) is 5.57. The molecule has 0 saturated heterocycles. The topological polar surface area (TPSA) is 58.2 Å². The molecule has 0 aliphatic rings. The lowest BCUT2D eigenvalue weighted by Gasteiger charge is -2.16. The van der Waals surface area contributed by atoms with E-state index >= 15 is 0 Å². The van der Waals surface area contributed by atoms with E-state index in [2.05, 4.69) is 10.6 Å². The Morgan fingerprint density at radius 3 is 2.22 bits per heavy atom. The number of aryl methyl sites for hydroxylation is 2. The van der Waals surface area contributed by atoms with Crippen LogP contribution in [-0.2, 0) is 9.59 Å². The van der Waals surface area contributed by atoms with Gasteiger partial charge >= 0.3 is 0 Å². The molecule has 0 saturated carbocycles. The van der Waals surface area contributed by atoms with Crippen molar-refractivity contribution in [1.29, 1.82) is 0 Å². The third kappa shape index (κ3) is 3.17. The highest BCUT2D eigenvalue weighted by Gasteiger charge is 2.23. The maximum absolute atomic E-state index is 12.1. The largest absolute Gasteiger partial charge is 0.324 e. The SMILES string of the molecule is CCC(=O)C(NC)C(=O)Nc1c(C)cccc1C. The smallest absolute Gasteiger partial charge is 0.249 e. The number of para-hydroxylation sites is 1. The number of hydrogen-bond donors (Lipinski definition) is 2. The first kappa shape index (κ1) is 14.4. The Hall–Kier alpha value is -1.68. The van der Waals surface area contributed by atoms with Gasteiger partial charge in [0, 0.05) is 12.1 Å². The third-order valence-corrected chi connectivity index (χ3v) is 2.95. The fourth-order valence-electron chi connectivity index (χ4n) is 1.85. The van der Waals surface area contributed by atoms with Gasteiger partial charge in [-0.15, -0.1) is 0 Å². The minimum absolute atomic E-state index is 0.110. The number of ketones is 1. The molecule has 0 fully saturated rings. The van der Waals surface area contributed by atoms with Gasteiger partial charge < -0.3 is 10.6 Å². The summed E-state index contributed by atoms with van der Waals surface area (Å²) in [6, 6.07) is 5.01. The second-order valence-corrected chi connectivity index (χ2v) is 4.30. The lowest BCUT2D eigenvalue weighted by atomic mass is 10.1. The average Bonchev–Trinajstić information content (AvgIpc) is 2.34. The number of benzene rings is 1. The van der Waals surface area contributed by atoms with Crippen molar-refractivity contribution < 1.29 is 9.59 Å². The Kier molecular flexibility index (Phi) is 5.04. The summed E-state index contributed by atoms with van der Waals surface area (Å²) >= 11 is 0. The van der Waals surface area contributed by atoms with E-state index in [1.807, 2.05) is 32.0 Å². The van der Waals surface area contributed by atoms with Crippen molar-refractivity contribution in [3.8, 4) is 0 Å². The molecular weight excluding hydrogens is 228 g/mol. The van der Waals surface area contributed by atoms with Gasteiger partial charge in [-0.1, -0.05) is 25.1 Å². The fourth-order valence-corrected chi connectivity index (χ4v) is 1.85. The maximum atomic E-state index is 12.1. The van der Waals surface area contributed by atoms with Crippen LogP contribution < -0.4 is 10.6 Å². The Balaban J connectivity index is 2.90. The summed E-state index contributed by atoms with van der Waals surface area (Å²) in [5.41, 5.74) is 2.76. The third-order valence-electron chi connectivity index (χ3n) is 2.95. The second kappa shape index (κ2) is 6.31. The predicted octanol–water partition coefficient (Wildman–Crippen LogP) is 1.81. The van der Waals surface area contributed by atoms with Crippen LogP contribution >= 0.6 is 0 Å². The van der Waals surface area contributed by atoms with Crippen molar-refractivity contribution in [1.82, 2.24) is 5.32 Å². The number of carbonyl (C=O) groups excluding carboxylic acids is 2. The molecule has 2 N–H and O–H groups in total. The highest BCUT2D eigenvalue weighted by Crippen LogP contribution is 2.19. The van der Waals surface area contributed by atoms with Crippen molar-refractivity contribution in [2.75, 3.05) is 12.4 Å². The Labute approximate surface area is 108 Å². The number of carbonyl (C=O) groups is 2. The van der Waals surface area contributed by atoms with Gasteiger partial charge in [0.05, 0.1) is 0 Å². The van der Waals surface area contributed by atoms with Crippen LogP contribution in [0.15, 0.2) is 18.2 Å². The number of Topliss-reactive ketones (excluding diaryl/α,β-unsaturated/α-hetero) is 1. The van der Waals surface area contributed by atoms with E-state index in [-0.39, 0.29) is 11.7 Å². The van der Waals surface area contributed by atoms with Gasteiger partial charge in [-0.2, -0.15) is 0 Å². The molecule has 0 aromatic heterocycles. The zero-order valence-corrected chi connectivity index (χ0v) is 11.3. The van der Waals surface area contributed by atoms with Gasteiger partial charge in [-0.25, -0.2) is 0 Å². The molecule has 0 heterocycles. The maximum Gasteiger partial charge on any atom is 0.249 e. The molecule has 0 bridgehead atoms. The van der Waals surface area contributed by atoms with Crippen LogP contribution in [0.2, 0.25) is 0 Å². The number of likely N-dealkylation sites (N-methyl/N-ethyl adjacent to an activating group) is 1.